The predicted octanol–water partition coefficient (Wildman–Crippen LogP) is 3.01. The van der Waals surface area contributed by atoms with Gasteiger partial charge in [-0.25, -0.2) is 0 Å². The maximum absolute atomic E-state index is 4.22. The number of hydrogen-bond acceptors (Lipinski definition) is 2. The maximum Gasteiger partial charge on any atom is 0.0592 e. The number of aryl methyl sites for hydroxylation is 2. The van der Waals surface area contributed by atoms with Crippen molar-refractivity contribution in [3.8, 4) is 0 Å². The van der Waals surface area contributed by atoms with E-state index in [9.17, 15) is 0 Å². The second kappa shape index (κ2) is 5.11. The molecule has 1 N–H and O–H groups in total. The van der Waals surface area contributed by atoms with Crippen molar-refractivity contribution in [3.05, 3.63) is 65.0 Å². The van der Waals surface area contributed by atoms with E-state index in [2.05, 4.69) is 48.4 Å². The van der Waals surface area contributed by atoms with E-state index in [0.29, 0.717) is 0 Å². The van der Waals surface area contributed by atoms with Crippen molar-refractivity contribution in [3.63, 3.8) is 0 Å². The van der Waals surface area contributed by atoms with Gasteiger partial charge >= 0.3 is 0 Å². The lowest BCUT2D eigenvalue weighted by atomic mass is 9.96. The van der Waals surface area contributed by atoms with Gasteiger partial charge in [0.2, 0.25) is 0 Å². The lowest BCUT2D eigenvalue weighted by molar-refractivity contribution is 0.684. The Balaban J connectivity index is 2.40. The quantitative estimate of drug-likeness (QED) is 0.870. The van der Waals surface area contributed by atoms with Crippen LogP contribution in [0.15, 0.2) is 42.7 Å². The highest BCUT2D eigenvalue weighted by Gasteiger charge is 2.13. The van der Waals surface area contributed by atoms with E-state index < -0.39 is 0 Å². The highest BCUT2D eigenvalue weighted by atomic mass is 14.9. The number of nitrogens with zero attached hydrogens (tertiary/aromatic N) is 1. The van der Waals surface area contributed by atoms with Crippen LogP contribution in [-0.4, -0.2) is 12.0 Å². The first-order valence-corrected chi connectivity index (χ1v) is 5.86. The Morgan fingerprint density at radius 1 is 1.06 bits per heavy atom. The summed E-state index contributed by atoms with van der Waals surface area (Å²) < 4.78 is 0. The van der Waals surface area contributed by atoms with Gasteiger partial charge in [0.15, 0.2) is 0 Å². The second-order valence-corrected chi connectivity index (χ2v) is 4.36. The summed E-state index contributed by atoms with van der Waals surface area (Å²) in [7, 11) is 1.98. The van der Waals surface area contributed by atoms with Gasteiger partial charge in [-0.1, -0.05) is 29.8 Å². The average molecular weight is 226 g/mol. The largest absolute Gasteiger partial charge is 0.309 e. The molecule has 0 radical (unpaired) electrons. The Morgan fingerprint density at radius 2 is 1.76 bits per heavy atom. The van der Waals surface area contributed by atoms with E-state index in [-0.39, 0.29) is 6.04 Å². The van der Waals surface area contributed by atoms with Crippen molar-refractivity contribution in [2.75, 3.05) is 7.05 Å². The summed E-state index contributed by atoms with van der Waals surface area (Å²) in [4.78, 5) is 4.22. The molecule has 17 heavy (non-hydrogen) atoms. The number of rotatable bonds is 3. The molecule has 2 rings (SSSR count). The molecule has 88 valence electrons. The van der Waals surface area contributed by atoms with E-state index in [1.54, 1.807) is 0 Å². The van der Waals surface area contributed by atoms with Gasteiger partial charge < -0.3 is 5.32 Å². The Bertz CT molecular complexity index is 489. The Hall–Kier alpha value is -1.67. The number of nitrogens with one attached hydrogen (secondary N) is 1. The minimum atomic E-state index is 0.212. The Morgan fingerprint density at radius 3 is 2.35 bits per heavy atom. The molecule has 1 heterocycles. The lowest BCUT2D eigenvalue weighted by Gasteiger charge is -2.19. The molecular weight excluding hydrogens is 208 g/mol. The fraction of sp³-hybridized carbons (Fsp3) is 0.267. The maximum atomic E-state index is 4.22. The Kier molecular flexibility index (Phi) is 3.55. The van der Waals surface area contributed by atoms with Crippen LogP contribution in [0.2, 0.25) is 0 Å². The third-order valence-electron chi connectivity index (χ3n) is 3.09. The molecular formula is C15H18N2. The summed E-state index contributed by atoms with van der Waals surface area (Å²) in [5.41, 5.74) is 5.06. The van der Waals surface area contributed by atoms with E-state index in [0.717, 1.165) is 0 Å². The molecule has 0 fully saturated rings. The van der Waals surface area contributed by atoms with Crippen molar-refractivity contribution in [1.29, 1.82) is 0 Å². The van der Waals surface area contributed by atoms with Crippen molar-refractivity contribution >= 4 is 0 Å². The zero-order valence-electron chi connectivity index (χ0n) is 10.6. The van der Waals surface area contributed by atoms with Crippen LogP contribution in [0.1, 0.15) is 28.3 Å². The number of benzene rings is 1. The molecule has 0 spiro atoms. The highest BCUT2D eigenvalue weighted by Crippen LogP contribution is 2.23. The van der Waals surface area contributed by atoms with E-state index >= 15 is 0 Å². The molecule has 1 atom stereocenters. The molecule has 0 aliphatic rings. The summed E-state index contributed by atoms with van der Waals surface area (Å²) in [6.45, 7) is 4.23. The van der Waals surface area contributed by atoms with Crippen molar-refractivity contribution in [2.45, 2.75) is 19.9 Å². The lowest BCUT2D eigenvalue weighted by Crippen LogP contribution is -2.18. The van der Waals surface area contributed by atoms with Crippen LogP contribution < -0.4 is 5.32 Å². The summed E-state index contributed by atoms with van der Waals surface area (Å²) >= 11 is 0. The zero-order chi connectivity index (χ0) is 12.3. The van der Waals surface area contributed by atoms with Gasteiger partial charge in [-0.3, -0.25) is 4.98 Å². The van der Waals surface area contributed by atoms with Crippen LogP contribution in [0.3, 0.4) is 0 Å². The fourth-order valence-corrected chi connectivity index (χ4v) is 2.04. The average Bonchev–Trinajstić information content (AvgIpc) is 2.35. The first kappa shape index (κ1) is 11.8. The van der Waals surface area contributed by atoms with Crippen LogP contribution >= 0.6 is 0 Å². The summed E-state index contributed by atoms with van der Waals surface area (Å²) in [5.74, 6) is 0. The molecule has 1 unspecified atom stereocenters. The SMILES string of the molecule is CNC(c1ccc(C)cc1)c1cnccc1C. The highest BCUT2D eigenvalue weighted by molar-refractivity contribution is 5.35. The van der Waals surface area contributed by atoms with Gasteiger partial charge in [-0.05, 0) is 43.7 Å². The van der Waals surface area contributed by atoms with Crippen LogP contribution in [0.4, 0.5) is 0 Å². The van der Waals surface area contributed by atoms with Crippen LogP contribution in [0, 0.1) is 13.8 Å². The first-order chi connectivity index (χ1) is 8.22. The molecule has 1 aromatic heterocycles. The normalized spacial score (nSPS) is 12.4. The molecule has 0 amide bonds. The summed E-state index contributed by atoms with van der Waals surface area (Å²) in [6, 6.07) is 10.9. The van der Waals surface area contributed by atoms with Crippen molar-refractivity contribution in [1.82, 2.24) is 10.3 Å². The molecule has 0 saturated heterocycles. The molecule has 0 saturated carbocycles. The van der Waals surface area contributed by atoms with Gasteiger partial charge in [-0.2, -0.15) is 0 Å². The summed E-state index contributed by atoms with van der Waals surface area (Å²) in [5, 5.41) is 3.35. The summed E-state index contributed by atoms with van der Waals surface area (Å²) in [6.07, 6.45) is 3.77. The minimum absolute atomic E-state index is 0.212. The van der Waals surface area contributed by atoms with Gasteiger partial charge in [-0.15, -0.1) is 0 Å². The third kappa shape index (κ3) is 2.53. The minimum Gasteiger partial charge on any atom is -0.309 e. The van der Waals surface area contributed by atoms with Crippen molar-refractivity contribution < 1.29 is 0 Å². The topological polar surface area (TPSA) is 24.9 Å². The molecule has 0 aliphatic heterocycles. The number of hydrogen-bond donors (Lipinski definition) is 1. The third-order valence-corrected chi connectivity index (χ3v) is 3.09. The number of aromatic nitrogens is 1. The van der Waals surface area contributed by atoms with Crippen molar-refractivity contribution in [2.24, 2.45) is 0 Å². The molecule has 2 aromatic rings. The van der Waals surface area contributed by atoms with Gasteiger partial charge in [0.05, 0.1) is 6.04 Å². The van der Waals surface area contributed by atoms with E-state index in [1.807, 2.05) is 25.5 Å². The van der Waals surface area contributed by atoms with Gasteiger partial charge in [0.25, 0.3) is 0 Å². The van der Waals surface area contributed by atoms with Crippen LogP contribution in [-0.2, 0) is 0 Å². The molecule has 1 aromatic carbocycles. The standard InChI is InChI=1S/C15H18N2/c1-11-4-6-13(7-5-11)15(16-3)14-10-17-9-8-12(14)2/h4-10,15-16H,1-3H3. The molecule has 0 aliphatic carbocycles. The monoisotopic (exact) mass is 226 g/mol. The second-order valence-electron chi connectivity index (χ2n) is 4.36. The van der Waals surface area contributed by atoms with Crippen LogP contribution in [0.25, 0.3) is 0 Å². The van der Waals surface area contributed by atoms with Gasteiger partial charge in [0, 0.05) is 12.4 Å². The smallest absolute Gasteiger partial charge is 0.0592 e. The Labute approximate surface area is 103 Å². The van der Waals surface area contributed by atoms with E-state index in [1.165, 1.54) is 22.3 Å². The molecule has 2 nitrogen and oxygen atoms in total. The first-order valence-electron chi connectivity index (χ1n) is 5.86. The number of pyridine rings is 1. The molecule has 2 heteroatoms. The predicted molar refractivity (Wildman–Crippen MR) is 71.1 cm³/mol. The van der Waals surface area contributed by atoms with Crippen LogP contribution in [0.5, 0.6) is 0 Å². The fourth-order valence-electron chi connectivity index (χ4n) is 2.04. The zero-order valence-corrected chi connectivity index (χ0v) is 10.6. The molecule has 0 bridgehead atoms. The van der Waals surface area contributed by atoms with E-state index in [4.69, 9.17) is 0 Å². The van der Waals surface area contributed by atoms with Gasteiger partial charge in [0.1, 0.15) is 0 Å².